The number of rotatable bonds is 6. The average Bonchev–Trinajstić information content (AvgIpc) is 3.77. The molecule has 0 aliphatic heterocycles. The minimum Gasteiger partial charge on any atom is -0.466 e. The molecule has 3 aromatic rings. The number of nitrogens with zero attached hydrogens (tertiary/aromatic N) is 1. The summed E-state index contributed by atoms with van der Waals surface area (Å²) >= 11 is 2.32. The van der Waals surface area contributed by atoms with E-state index in [1.807, 2.05) is 31.2 Å². The summed E-state index contributed by atoms with van der Waals surface area (Å²) in [5, 5.41) is 4.49. The second kappa shape index (κ2) is 9.68. The highest BCUT2D eigenvalue weighted by Gasteiger charge is 2.51. The van der Waals surface area contributed by atoms with Crippen LogP contribution in [0.4, 0.5) is 0 Å². The molecule has 1 N–H and O–H groups in total. The monoisotopic (exact) mass is 608 g/mol. The third-order valence-electron chi connectivity index (χ3n) is 8.81. The Balaban J connectivity index is 1.41. The minimum absolute atomic E-state index is 0.0130. The van der Waals surface area contributed by atoms with Crippen molar-refractivity contribution in [3.63, 3.8) is 0 Å². The molecule has 37 heavy (non-hydrogen) atoms. The predicted molar refractivity (Wildman–Crippen MR) is 153 cm³/mol. The van der Waals surface area contributed by atoms with Gasteiger partial charge in [-0.25, -0.2) is 4.98 Å². The number of hydrogen-bond acceptors (Lipinski definition) is 4. The van der Waals surface area contributed by atoms with Crippen LogP contribution in [-0.2, 0) is 9.53 Å². The molecule has 2 bridgehead atoms. The van der Waals surface area contributed by atoms with Crippen molar-refractivity contribution >= 4 is 45.4 Å². The second-order valence-corrected chi connectivity index (χ2v) is 12.4. The predicted octanol–water partition coefficient (Wildman–Crippen LogP) is 7.16. The van der Waals surface area contributed by atoms with Crippen LogP contribution in [0.25, 0.3) is 22.2 Å². The number of fused-ring (bicyclic) bond motifs is 5. The molecule has 1 amide bonds. The Hall–Kier alpha value is -2.48. The van der Waals surface area contributed by atoms with E-state index in [2.05, 4.69) is 52.2 Å². The molecule has 4 aliphatic carbocycles. The SMILES string of the molecule is CCOC(=O)C12CCCC(NC(=O)c3c(C4CC4)c(-c4ccccc4)nc4ccc(I)cc34)(CC1)CC2. The van der Waals surface area contributed by atoms with Crippen molar-refractivity contribution in [1.82, 2.24) is 10.3 Å². The van der Waals surface area contributed by atoms with Crippen LogP contribution in [0, 0.1) is 8.99 Å². The molecule has 6 heteroatoms. The Morgan fingerprint density at radius 1 is 1.03 bits per heavy atom. The third-order valence-corrected chi connectivity index (χ3v) is 9.48. The maximum absolute atomic E-state index is 14.4. The van der Waals surface area contributed by atoms with E-state index in [-0.39, 0.29) is 22.8 Å². The van der Waals surface area contributed by atoms with E-state index in [4.69, 9.17) is 9.72 Å². The second-order valence-electron chi connectivity index (χ2n) is 11.1. The Labute approximate surface area is 231 Å². The van der Waals surface area contributed by atoms with Crippen molar-refractivity contribution in [3.8, 4) is 11.3 Å². The van der Waals surface area contributed by atoms with Crippen molar-refractivity contribution in [3.05, 3.63) is 63.2 Å². The Morgan fingerprint density at radius 3 is 2.49 bits per heavy atom. The molecule has 0 unspecified atom stereocenters. The van der Waals surface area contributed by atoms with E-state index in [1.54, 1.807) is 0 Å². The number of halogens is 1. The van der Waals surface area contributed by atoms with E-state index in [9.17, 15) is 9.59 Å². The molecule has 0 atom stereocenters. The van der Waals surface area contributed by atoms with Gasteiger partial charge in [0.05, 0.1) is 28.8 Å². The van der Waals surface area contributed by atoms with Gasteiger partial charge in [0.25, 0.3) is 5.91 Å². The summed E-state index contributed by atoms with van der Waals surface area (Å²) in [5.41, 5.74) is 4.10. The van der Waals surface area contributed by atoms with Crippen LogP contribution in [0.3, 0.4) is 0 Å². The van der Waals surface area contributed by atoms with Crippen LogP contribution in [-0.4, -0.2) is 29.0 Å². The molecular formula is C31H33IN2O3. The first kappa shape index (κ1) is 24.8. The van der Waals surface area contributed by atoms with Gasteiger partial charge in [-0.05, 0) is 117 Å². The summed E-state index contributed by atoms with van der Waals surface area (Å²) in [4.78, 5) is 32.3. The third kappa shape index (κ3) is 4.55. The number of ether oxygens (including phenoxy) is 1. The molecule has 1 aromatic heterocycles. The zero-order valence-electron chi connectivity index (χ0n) is 21.3. The van der Waals surface area contributed by atoms with E-state index in [0.29, 0.717) is 12.5 Å². The summed E-state index contributed by atoms with van der Waals surface area (Å²) in [7, 11) is 0. The van der Waals surface area contributed by atoms with E-state index < -0.39 is 0 Å². The fourth-order valence-corrected chi connectivity index (χ4v) is 7.13. The fraction of sp³-hybridized carbons (Fsp3) is 0.452. The lowest BCUT2D eigenvalue weighted by atomic mass is 9.68. The van der Waals surface area contributed by atoms with Crippen LogP contribution < -0.4 is 5.32 Å². The van der Waals surface area contributed by atoms with Gasteiger partial charge in [0.15, 0.2) is 0 Å². The molecule has 5 nitrogen and oxygen atoms in total. The number of pyridine rings is 1. The van der Waals surface area contributed by atoms with Crippen LogP contribution in [0.1, 0.15) is 86.6 Å². The highest BCUT2D eigenvalue weighted by atomic mass is 127. The van der Waals surface area contributed by atoms with E-state index in [1.165, 1.54) is 0 Å². The first-order chi connectivity index (χ1) is 17.9. The van der Waals surface area contributed by atoms with Crippen molar-refractivity contribution < 1.29 is 14.3 Å². The summed E-state index contributed by atoms with van der Waals surface area (Å²) in [5.74, 6) is 0.328. The molecule has 192 valence electrons. The van der Waals surface area contributed by atoms with Crippen molar-refractivity contribution in [2.45, 2.75) is 76.2 Å². The van der Waals surface area contributed by atoms with Gasteiger partial charge in [-0.1, -0.05) is 30.3 Å². The molecule has 0 saturated heterocycles. The number of amides is 1. The summed E-state index contributed by atoms with van der Waals surface area (Å²) in [6.07, 6.45) is 8.08. The van der Waals surface area contributed by atoms with Gasteiger partial charge >= 0.3 is 5.97 Å². The van der Waals surface area contributed by atoms with Crippen LogP contribution >= 0.6 is 22.6 Å². The lowest BCUT2D eigenvalue weighted by Crippen LogP contribution is -2.52. The summed E-state index contributed by atoms with van der Waals surface area (Å²) in [6.45, 7) is 2.30. The number of benzene rings is 2. The van der Waals surface area contributed by atoms with E-state index in [0.717, 1.165) is 94.6 Å². The number of nitrogens with one attached hydrogen (secondary N) is 1. The smallest absolute Gasteiger partial charge is 0.312 e. The Morgan fingerprint density at radius 2 is 1.78 bits per heavy atom. The maximum atomic E-state index is 14.4. The highest BCUT2D eigenvalue weighted by molar-refractivity contribution is 14.1. The standard InChI is InChI=1S/C31H33IN2O3/c1-2-37-29(36)30-13-6-14-31(17-15-30,18-16-30)34-28(35)26-23-19-22(32)11-12-24(23)33-27(25(26)20-9-10-20)21-7-4-3-5-8-21/h3-5,7-8,11-12,19-20H,2,6,9-10,13-18H2,1H3,(H,34,35). The summed E-state index contributed by atoms with van der Waals surface area (Å²) < 4.78 is 6.57. The van der Waals surface area contributed by atoms with Gasteiger partial charge in [0.2, 0.25) is 0 Å². The van der Waals surface area contributed by atoms with Gasteiger partial charge in [0.1, 0.15) is 0 Å². The number of carbonyl (C=O) groups excluding carboxylic acids is 2. The van der Waals surface area contributed by atoms with Gasteiger partial charge in [-0.3, -0.25) is 9.59 Å². The normalized spacial score (nSPS) is 25.0. The van der Waals surface area contributed by atoms with Crippen LogP contribution in [0.2, 0.25) is 0 Å². The number of hydrogen-bond donors (Lipinski definition) is 1. The molecular weight excluding hydrogens is 575 g/mol. The minimum atomic E-state index is -0.375. The molecule has 2 aromatic carbocycles. The molecule has 0 spiro atoms. The highest BCUT2D eigenvalue weighted by Crippen LogP contribution is 2.51. The maximum Gasteiger partial charge on any atom is 0.312 e. The first-order valence-corrected chi connectivity index (χ1v) is 14.7. The van der Waals surface area contributed by atoms with Crippen molar-refractivity contribution in [2.75, 3.05) is 6.61 Å². The van der Waals surface area contributed by atoms with Gasteiger partial charge in [-0.15, -0.1) is 0 Å². The zero-order valence-corrected chi connectivity index (χ0v) is 23.5. The average molecular weight is 609 g/mol. The fourth-order valence-electron chi connectivity index (χ4n) is 6.63. The quantitative estimate of drug-likeness (QED) is 0.238. The Bertz CT molecular complexity index is 1360. The zero-order chi connectivity index (χ0) is 25.6. The molecule has 4 saturated carbocycles. The summed E-state index contributed by atoms with van der Waals surface area (Å²) in [6, 6.07) is 16.5. The molecule has 4 fully saturated rings. The Kier molecular flexibility index (Phi) is 6.50. The largest absolute Gasteiger partial charge is 0.466 e. The number of carbonyl (C=O) groups is 2. The molecule has 4 aliphatic rings. The van der Waals surface area contributed by atoms with Gasteiger partial charge < -0.3 is 10.1 Å². The van der Waals surface area contributed by atoms with E-state index >= 15 is 0 Å². The lowest BCUT2D eigenvalue weighted by molar-refractivity contribution is -0.158. The molecule has 7 rings (SSSR count). The van der Waals surface area contributed by atoms with Gasteiger partial charge in [-0.2, -0.15) is 0 Å². The number of aromatic nitrogens is 1. The lowest BCUT2D eigenvalue weighted by Gasteiger charge is -2.42. The van der Waals surface area contributed by atoms with Crippen molar-refractivity contribution in [1.29, 1.82) is 0 Å². The molecule has 0 radical (unpaired) electrons. The number of esters is 1. The van der Waals surface area contributed by atoms with Crippen molar-refractivity contribution in [2.24, 2.45) is 5.41 Å². The first-order valence-electron chi connectivity index (χ1n) is 13.6. The topological polar surface area (TPSA) is 68.3 Å². The van der Waals surface area contributed by atoms with Crippen LogP contribution in [0.5, 0.6) is 0 Å². The molecule has 1 heterocycles. The van der Waals surface area contributed by atoms with Gasteiger partial charge in [0, 0.05) is 20.1 Å². The van der Waals surface area contributed by atoms with Crippen LogP contribution in [0.15, 0.2) is 48.5 Å².